The standard InChI is InChI=1S/C13H17N5OS/c1-17-8-10(7-15-17)11-3-2-5-18(11)9-12(19)16-13-14-4-6-20-13/h4,6-8,11H,2-3,5,9H2,1H3,(H,14,16,19)/t11-/m1/s1. The number of hydrogen-bond acceptors (Lipinski definition) is 5. The number of amides is 1. The van der Waals surface area contributed by atoms with Crippen molar-refractivity contribution in [2.75, 3.05) is 18.4 Å². The number of rotatable bonds is 4. The highest BCUT2D eigenvalue weighted by Crippen LogP contribution is 2.31. The molecular formula is C13H17N5OS. The van der Waals surface area contributed by atoms with Crippen LogP contribution in [-0.2, 0) is 11.8 Å². The van der Waals surface area contributed by atoms with Crippen LogP contribution in [0.3, 0.4) is 0 Å². The fraction of sp³-hybridized carbons (Fsp3) is 0.462. The number of thiazole rings is 1. The van der Waals surface area contributed by atoms with Crippen LogP contribution in [0, 0.1) is 0 Å². The Kier molecular flexibility index (Phi) is 3.79. The van der Waals surface area contributed by atoms with E-state index in [1.165, 1.54) is 16.9 Å². The summed E-state index contributed by atoms with van der Waals surface area (Å²) >= 11 is 1.43. The van der Waals surface area contributed by atoms with E-state index >= 15 is 0 Å². The van der Waals surface area contributed by atoms with Crippen LogP contribution in [-0.4, -0.2) is 38.7 Å². The van der Waals surface area contributed by atoms with Crippen molar-refractivity contribution in [3.63, 3.8) is 0 Å². The Labute approximate surface area is 121 Å². The molecule has 1 amide bonds. The molecule has 6 nitrogen and oxygen atoms in total. The molecule has 0 aliphatic carbocycles. The molecule has 1 aliphatic heterocycles. The molecule has 3 rings (SSSR count). The van der Waals surface area contributed by atoms with Crippen LogP contribution in [0.25, 0.3) is 0 Å². The molecule has 0 unspecified atom stereocenters. The fourth-order valence-corrected chi connectivity index (χ4v) is 3.18. The Morgan fingerprint density at radius 2 is 2.50 bits per heavy atom. The Hall–Kier alpha value is -1.73. The molecule has 0 spiro atoms. The van der Waals surface area contributed by atoms with E-state index in [1.807, 2.05) is 29.5 Å². The first-order chi connectivity index (χ1) is 9.72. The molecule has 1 N–H and O–H groups in total. The van der Waals surface area contributed by atoms with Crippen molar-refractivity contribution in [1.29, 1.82) is 0 Å². The van der Waals surface area contributed by atoms with Gasteiger partial charge >= 0.3 is 0 Å². The van der Waals surface area contributed by atoms with Gasteiger partial charge in [0.2, 0.25) is 5.91 Å². The number of anilines is 1. The van der Waals surface area contributed by atoms with E-state index < -0.39 is 0 Å². The van der Waals surface area contributed by atoms with Gasteiger partial charge in [0.25, 0.3) is 0 Å². The summed E-state index contributed by atoms with van der Waals surface area (Å²) in [5.41, 5.74) is 1.19. The lowest BCUT2D eigenvalue weighted by Crippen LogP contribution is -2.32. The minimum absolute atomic E-state index is 0.00394. The number of nitrogens with one attached hydrogen (secondary N) is 1. The van der Waals surface area contributed by atoms with Crippen molar-refractivity contribution in [3.05, 3.63) is 29.5 Å². The number of aryl methyl sites for hydroxylation is 1. The third-order valence-corrected chi connectivity index (χ3v) is 4.19. The number of aromatic nitrogens is 3. The van der Waals surface area contributed by atoms with E-state index in [9.17, 15) is 4.79 Å². The van der Waals surface area contributed by atoms with Crippen LogP contribution in [0.4, 0.5) is 5.13 Å². The zero-order valence-corrected chi connectivity index (χ0v) is 12.1. The maximum atomic E-state index is 12.0. The van der Waals surface area contributed by atoms with Gasteiger partial charge in [-0.1, -0.05) is 0 Å². The van der Waals surface area contributed by atoms with Crippen LogP contribution < -0.4 is 5.32 Å². The zero-order valence-electron chi connectivity index (χ0n) is 11.3. The highest BCUT2D eigenvalue weighted by atomic mass is 32.1. The van der Waals surface area contributed by atoms with Crippen LogP contribution in [0.15, 0.2) is 24.0 Å². The minimum Gasteiger partial charge on any atom is -0.301 e. The predicted octanol–water partition coefficient (Wildman–Crippen LogP) is 1.65. The summed E-state index contributed by atoms with van der Waals surface area (Å²) in [6.45, 7) is 1.35. The summed E-state index contributed by atoms with van der Waals surface area (Å²) in [5, 5.41) is 9.56. The summed E-state index contributed by atoms with van der Waals surface area (Å²) < 4.78 is 1.81. The average molecular weight is 291 g/mol. The van der Waals surface area contributed by atoms with E-state index in [1.54, 1.807) is 6.20 Å². The summed E-state index contributed by atoms with van der Waals surface area (Å²) in [6.07, 6.45) is 7.80. The number of hydrogen-bond donors (Lipinski definition) is 1. The normalized spacial score (nSPS) is 19.4. The number of carbonyl (C=O) groups excluding carboxylic acids is 1. The SMILES string of the molecule is Cn1cc([C@H]2CCCN2CC(=O)Nc2nccs2)cn1. The molecule has 1 fully saturated rings. The van der Waals surface area contributed by atoms with Gasteiger partial charge in [0.1, 0.15) is 0 Å². The van der Waals surface area contributed by atoms with E-state index in [0.717, 1.165) is 19.4 Å². The van der Waals surface area contributed by atoms with Gasteiger partial charge in [-0.2, -0.15) is 5.10 Å². The molecule has 2 aromatic rings. The molecule has 0 radical (unpaired) electrons. The molecule has 20 heavy (non-hydrogen) atoms. The third-order valence-electron chi connectivity index (χ3n) is 3.50. The van der Waals surface area contributed by atoms with Gasteiger partial charge in [0.15, 0.2) is 5.13 Å². The minimum atomic E-state index is -0.00394. The zero-order chi connectivity index (χ0) is 13.9. The van der Waals surface area contributed by atoms with Crippen molar-refractivity contribution in [2.45, 2.75) is 18.9 Å². The third kappa shape index (κ3) is 2.88. The highest BCUT2D eigenvalue weighted by Gasteiger charge is 2.28. The van der Waals surface area contributed by atoms with Gasteiger partial charge in [-0.05, 0) is 19.4 Å². The van der Waals surface area contributed by atoms with Crippen molar-refractivity contribution < 1.29 is 4.79 Å². The smallest absolute Gasteiger partial charge is 0.240 e. The maximum absolute atomic E-state index is 12.0. The Morgan fingerprint density at radius 1 is 1.60 bits per heavy atom. The number of nitrogens with zero attached hydrogens (tertiary/aromatic N) is 4. The quantitative estimate of drug-likeness (QED) is 0.930. The predicted molar refractivity (Wildman–Crippen MR) is 77.5 cm³/mol. The van der Waals surface area contributed by atoms with Gasteiger partial charge in [-0.25, -0.2) is 4.98 Å². The molecule has 106 valence electrons. The van der Waals surface area contributed by atoms with Crippen molar-refractivity contribution in [2.24, 2.45) is 7.05 Å². The maximum Gasteiger partial charge on any atom is 0.240 e. The second-order valence-electron chi connectivity index (χ2n) is 4.96. The second-order valence-corrected chi connectivity index (χ2v) is 5.86. The first-order valence-electron chi connectivity index (χ1n) is 6.64. The number of likely N-dealkylation sites (tertiary alicyclic amines) is 1. The largest absolute Gasteiger partial charge is 0.301 e. The van der Waals surface area contributed by atoms with E-state index in [4.69, 9.17) is 0 Å². The molecule has 0 bridgehead atoms. The number of carbonyl (C=O) groups is 1. The molecular weight excluding hydrogens is 274 g/mol. The summed E-state index contributed by atoms with van der Waals surface area (Å²) in [7, 11) is 1.91. The molecule has 2 aromatic heterocycles. The van der Waals surface area contributed by atoms with Gasteiger partial charge in [-0.15, -0.1) is 11.3 Å². The highest BCUT2D eigenvalue weighted by molar-refractivity contribution is 7.13. The lowest BCUT2D eigenvalue weighted by atomic mass is 10.1. The first kappa shape index (κ1) is 13.3. The van der Waals surface area contributed by atoms with E-state index in [-0.39, 0.29) is 5.91 Å². The molecule has 0 saturated carbocycles. The molecule has 3 heterocycles. The molecule has 1 aliphatic rings. The first-order valence-corrected chi connectivity index (χ1v) is 7.52. The monoisotopic (exact) mass is 291 g/mol. The van der Waals surface area contributed by atoms with Crippen molar-refractivity contribution >= 4 is 22.4 Å². The van der Waals surface area contributed by atoms with Crippen LogP contribution in [0.1, 0.15) is 24.4 Å². The topological polar surface area (TPSA) is 63.1 Å². The lowest BCUT2D eigenvalue weighted by Gasteiger charge is -2.22. The lowest BCUT2D eigenvalue weighted by molar-refractivity contribution is -0.117. The van der Waals surface area contributed by atoms with Crippen molar-refractivity contribution in [1.82, 2.24) is 19.7 Å². The Bertz CT molecular complexity index is 579. The average Bonchev–Trinajstić information content (AvgIpc) is 3.11. The fourth-order valence-electron chi connectivity index (χ4n) is 2.63. The van der Waals surface area contributed by atoms with Gasteiger partial charge < -0.3 is 5.32 Å². The molecule has 7 heteroatoms. The molecule has 0 aromatic carbocycles. The Morgan fingerprint density at radius 3 is 3.20 bits per heavy atom. The van der Waals surface area contributed by atoms with Crippen LogP contribution in [0.2, 0.25) is 0 Å². The molecule has 1 saturated heterocycles. The van der Waals surface area contributed by atoms with E-state index in [0.29, 0.717) is 17.7 Å². The summed E-state index contributed by atoms with van der Waals surface area (Å²) in [5.74, 6) is -0.00394. The van der Waals surface area contributed by atoms with Crippen LogP contribution in [0.5, 0.6) is 0 Å². The Balaban J connectivity index is 1.62. The second kappa shape index (κ2) is 5.72. The molecule has 1 atom stereocenters. The van der Waals surface area contributed by atoms with Crippen LogP contribution >= 0.6 is 11.3 Å². The van der Waals surface area contributed by atoms with Crippen molar-refractivity contribution in [3.8, 4) is 0 Å². The summed E-state index contributed by atoms with van der Waals surface area (Å²) in [6, 6.07) is 0.297. The van der Waals surface area contributed by atoms with Gasteiger partial charge in [-0.3, -0.25) is 14.4 Å². The van der Waals surface area contributed by atoms with Gasteiger partial charge in [0.05, 0.1) is 12.7 Å². The van der Waals surface area contributed by atoms with Gasteiger partial charge in [0, 0.05) is 36.4 Å². The summed E-state index contributed by atoms with van der Waals surface area (Å²) in [4.78, 5) is 18.3. The van der Waals surface area contributed by atoms with E-state index in [2.05, 4.69) is 20.3 Å².